The first-order valence-electron chi connectivity index (χ1n) is 4.06. The fourth-order valence-corrected chi connectivity index (χ4v) is 3.28. The molecule has 0 aromatic carbocycles. The fraction of sp³-hybridized carbons (Fsp3) is 0.375. The lowest BCUT2D eigenvalue weighted by molar-refractivity contribution is 0.0603. The van der Waals surface area contributed by atoms with Crippen molar-refractivity contribution in [3.63, 3.8) is 0 Å². The maximum atomic E-state index is 11.4. The van der Waals surface area contributed by atoms with E-state index in [9.17, 15) is 18.3 Å². The van der Waals surface area contributed by atoms with Crippen LogP contribution in [0.5, 0.6) is 5.75 Å². The van der Waals surface area contributed by atoms with E-state index < -0.39 is 15.8 Å². The van der Waals surface area contributed by atoms with Crippen LogP contribution >= 0.6 is 11.3 Å². The molecule has 0 aliphatic heterocycles. The van der Waals surface area contributed by atoms with E-state index in [1.54, 1.807) is 0 Å². The minimum absolute atomic E-state index is 0.0251. The molecule has 7 heteroatoms. The highest BCUT2D eigenvalue weighted by atomic mass is 32.2. The van der Waals surface area contributed by atoms with Crippen molar-refractivity contribution in [3.8, 4) is 5.75 Å². The predicted molar refractivity (Wildman–Crippen MR) is 55.1 cm³/mol. The van der Waals surface area contributed by atoms with Gasteiger partial charge in [0.1, 0.15) is 9.96 Å². The number of esters is 1. The molecule has 1 rings (SSSR count). The van der Waals surface area contributed by atoms with Crippen LogP contribution in [0.4, 0.5) is 0 Å². The summed E-state index contributed by atoms with van der Waals surface area (Å²) in [6.45, 7) is 1.49. The van der Waals surface area contributed by atoms with Crippen molar-refractivity contribution in [1.82, 2.24) is 0 Å². The van der Waals surface area contributed by atoms with E-state index in [-0.39, 0.29) is 20.6 Å². The third-order valence-corrected chi connectivity index (χ3v) is 5.15. The Balaban J connectivity index is 3.23. The first-order chi connectivity index (χ1) is 6.92. The maximum absolute atomic E-state index is 11.4. The summed E-state index contributed by atoms with van der Waals surface area (Å²) < 4.78 is 27.2. The molecule has 1 aromatic rings. The molecule has 0 aliphatic carbocycles. The molecule has 0 unspecified atom stereocenters. The number of aromatic hydroxyl groups is 1. The number of methoxy groups -OCH3 is 1. The molecule has 5 nitrogen and oxygen atoms in total. The van der Waals surface area contributed by atoms with Crippen LogP contribution in [0.1, 0.15) is 16.6 Å². The monoisotopic (exact) mass is 250 g/mol. The predicted octanol–water partition coefficient (Wildman–Crippen LogP) is 1.03. The van der Waals surface area contributed by atoms with Gasteiger partial charge in [-0.25, -0.2) is 13.2 Å². The number of carbonyl (C=O) groups excluding carboxylic acids is 1. The van der Waals surface area contributed by atoms with Gasteiger partial charge in [0.25, 0.3) is 0 Å². The summed E-state index contributed by atoms with van der Waals surface area (Å²) in [5, 5.41) is 9.34. The quantitative estimate of drug-likeness (QED) is 0.810. The number of sulfone groups is 1. The zero-order valence-corrected chi connectivity index (χ0v) is 9.81. The van der Waals surface area contributed by atoms with E-state index in [0.717, 1.165) is 13.2 Å². The number of hydrogen-bond acceptors (Lipinski definition) is 6. The van der Waals surface area contributed by atoms with Crippen molar-refractivity contribution in [2.45, 2.75) is 11.1 Å². The molecule has 15 heavy (non-hydrogen) atoms. The van der Waals surface area contributed by atoms with E-state index in [2.05, 4.69) is 4.74 Å². The summed E-state index contributed by atoms with van der Waals surface area (Å²) in [5.41, 5.74) is 0. The van der Waals surface area contributed by atoms with Crippen molar-refractivity contribution in [3.05, 3.63) is 10.9 Å². The van der Waals surface area contributed by atoms with Gasteiger partial charge < -0.3 is 9.84 Å². The molecule has 0 bridgehead atoms. The summed E-state index contributed by atoms with van der Waals surface area (Å²) in [5.74, 6) is -1.18. The zero-order valence-electron chi connectivity index (χ0n) is 8.18. The van der Waals surface area contributed by atoms with Crippen LogP contribution in [0, 0.1) is 0 Å². The molecule has 0 spiro atoms. The Morgan fingerprint density at radius 3 is 2.67 bits per heavy atom. The van der Waals surface area contributed by atoms with Crippen LogP contribution < -0.4 is 0 Å². The van der Waals surface area contributed by atoms with E-state index in [1.807, 2.05) is 0 Å². The summed E-state index contributed by atoms with van der Waals surface area (Å²) in [6, 6.07) is 1.07. The molecule has 0 radical (unpaired) electrons. The normalized spacial score (nSPS) is 11.3. The molecular formula is C8H10O5S2. The Bertz CT molecular complexity index is 471. The lowest BCUT2D eigenvalue weighted by Gasteiger charge is -1.94. The minimum atomic E-state index is -3.39. The second-order valence-electron chi connectivity index (χ2n) is 2.67. The van der Waals surface area contributed by atoms with Gasteiger partial charge >= 0.3 is 5.97 Å². The molecule has 0 amide bonds. The number of hydrogen-bond donors (Lipinski definition) is 1. The lowest BCUT2D eigenvalue weighted by atomic mass is 10.4. The number of carbonyl (C=O) groups is 1. The molecule has 0 saturated carbocycles. The van der Waals surface area contributed by atoms with Gasteiger partial charge in [0, 0.05) is 6.07 Å². The van der Waals surface area contributed by atoms with Crippen LogP contribution in [-0.4, -0.2) is 32.4 Å². The highest BCUT2D eigenvalue weighted by Crippen LogP contribution is 2.32. The van der Waals surface area contributed by atoms with Gasteiger partial charge in [-0.3, -0.25) is 0 Å². The summed E-state index contributed by atoms with van der Waals surface area (Å²) in [7, 11) is -2.23. The zero-order chi connectivity index (χ0) is 11.6. The van der Waals surface area contributed by atoms with Crippen molar-refractivity contribution < 1.29 is 23.1 Å². The van der Waals surface area contributed by atoms with Crippen molar-refractivity contribution in [2.24, 2.45) is 0 Å². The Labute approximate surface area is 91.2 Å². The minimum Gasteiger partial charge on any atom is -0.506 e. The van der Waals surface area contributed by atoms with Crippen LogP contribution in [0.3, 0.4) is 0 Å². The Hall–Kier alpha value is -1.08. The second-order valence-corrected chi connectivity index (χ2v) is 6.23. The molecule has 0 fully saturated rings. The van der Waals surface area contributed by atoms with E-state index in [0.29, 0.717) is 11.3 Å². The Morgan fingerprint density at radius 2 is 2.20 bits per heavy atom. The highest BCUT2D eigenvalue weighted by Gasteiger charge is 2.22. The third kappa shape index (κ3) is 2.29. The third-order valence-electron chi connectivity index (χ3n) is 1.75. The number of thiophene rings is 1. The summed E-state index contributed by atoms with van der Waals surface area (Å²) in [6.07, 6.45) is 0. The molecule has 0 aliphatic rings. The van der Waals surface area contributed by atoms with Crippen molar-refractivity contribution in [2.75, 3.05) is 12.9 Å². The molecule has 1 N–H and O–H groups in total. The Morgan fingerprint density at radius 1 is 1.60 bits per heavy atom. The first-order valence-corrected chi connectivity index (χ1v) is 6.53. The van der Waals surface area contributed by atoms with E-state index in [4.69, 9.17) is 0 Å². The fourth-order valence-electron chi connectivity index (χ4n) is 0.894. The standard InChI is InChI=1S/C8H10O5S2/c1-3-15(11,12)6-4-5(9)7(14-6)8(10)13-2/h4,9H,3H2,1-2H3. The van der Waals surface area contributed by atoms with Gasteiger partial charge in [-0.15, -0.1) is 11.3 Å². The van der Waals surface area contributed by atoms with Crippen molar-refractivity contribution >= 4 is 27.1 Å². The van der Waals surface area contributed by atoms with Gasteiger partial charge in [0.2, 0.25) is 0 Å². The summed E-state index contributed by atoms with van der Waals surface area (Å²) in [4.78, 5) is 11.0. The van der Waals surface area contributed by atoms with E-state index in [1.165, 1.54) is 6.92 Å². The molecule has 84 valence electrons. The maximum Gasteiger partial charge on any atom is 0.351 e. The smallest absolute Gasteiger partial charge is 0.351 e. The second kappa shape index (κ2) is 4.19. The van der Waals surface area contributed by atoms with Crippen LogP contribution in [0.2, 0.25) is 0 Å². The summed E-state index contributed by atoms with van der Waals surface area (Å²) >= 11 is 0.711. The lowest BCUT2D eigenvalue weighted by Crippen LogP contribution is -2.00. The average Bonchev–Trinajstić information content (AvgIpc) is 2.60. The molecule has 0 saturated heterocycles. The van der Waals surface area contributed by atoms with Crippen molar-refractivity contribution in [1.29, 1.82) is 0 Å². The van der Waals surface area contributed by atoms with Gasteiger partial charge in [-0.1, -0.05) is 6.92 Å². The molecule has 0 atom stereocenters. The SMILES string of the molecule is CCS(=O)(=O)c1cc(O)c(C(=O)OC)s1. The first kappa shape index (κ1) is 12.0. The van der Waals surface area contributed by atoms with Gasteiger partial charge in [0.15, 0.2) is 14.7 Å². The largest absolute Gasteiger partial charge is 0.506 e. The Kier molecular flexibility index (Phi) is 3.35. The van der Waals surface area contributed by atoms with Gasteiger partial charge in [0.05, 0.1) is 12.9 Å². The van der Waals surface area contributed by atoms with Crippen LogP contribution in [0.15, 0.2) is 10.3 Å². The molecule has 1 aromatic heterocycles. The van der Waals surface area contributed by atoms with Crippen LogP contribution in [-0.2, 0) is 14.6 Å². The topological polar surface area (TPSA) is 80.7 Å². The average molecular weight is 250 g/mol. The number of ether oxygens (including phenoxy) is 1. The van der Waals surface area contributed by atoms with E-state index >= 15 is 0 Å². The van der Waals surface area contributed by atoms with Gasteiger partial charge in [-0.05, 0) is 0 Å². The number of rotatable bonds is 3. The molecule has 1 heterocycles. The highest BCUT2D eigenvalue weighted by molar-refractivity contribution is 7.93. The van der Waals surface area contributed by atoms with Gasteiger partial charge in [-0.2, -0.15) is 0 Å². The molecular weight excluding hydrogens is 240 g/mol. The van der Waals surface area contributed by atoms with Crippen LogP contribution in [0.25, 0.3) is 0 Å².